The molecule has 0 aromatic carbocycles. The van der Waals surface area contributed by atoms with Crippen LogP contribution in [0.5, 0.6) is 0 Å². The summed E-state index contributed by atoms with van der Waals surface area (Å²) in [6.45, 7) is 1.04. The zero-order valence-electron chi connectivity index (χ0n) is 10.7. The number of hydrogen-bond donors (Lipinski definition) is 3. The molecule has 0 spiro atoms. The van der Waals surface area contributed by atoms with E-state index in [0.29, 0.717) is 28.8 Å². The van der Waals surface area contributed by atoms with Crippen LogP contribution in [0, 0.1) is 11.8 Å². The quantitative estimate of drug-likeness (QED) is 0.737. The Morgan fingerprint density at radius 1 is 1.26 bits per heavy atom. The number of nitrogen functional groups attached to an aromatic ring is 2. The van der Waals surface area contributed by atoms with E-state index in [1.807, 2.05) is 4.57 Å². The Labute approximate surface area is 110 Å². The van der Waals surface area contributed by atoms with Gasteiger partial charge in [-0.1, -0.05) is 6.42 Å². The van der Waals surface area contributed by atoms with Gasteiger partial charge in [-0.2, -0.15) is 9.97 Å². The van der Waals surface area contributed by atoms with Crippen LogP contribution in [0.3, 0.4) is 0 Å². The molecule has 0 saturated heterocycles. The van der Waals surface area contributed by atoms with E-state index in [9.17, 15) is 5.11 Å². The molecule has 1 saturated carbocycles. The lowest BCUT2D eigenvalue weighted by atomic mass is 9.97. The molecule has 2 aromatic rings. The second-order valence-corrected chi connectivity index (χ2v) is 5.17. The molecule has 0 unspecified atom stereocenters. The van der Waals surface area contributed by atoms with Crippen molar-refractivity contribution in [3.05, 3.63) is 6.33 Å². The van der Waals surface area contributed by atoms with Crippen molar-refractivity contribution in [2.75, 3.05) is 18.1 Å². The Kier molecular flexibility index (Phi) is 2.98. The average Bonchev–Trinajstić information content (AvgIpc) is 2.97. The molecule has 1 aliphatic rings. The smallest absolute Gasteiger partial charge is 0.224 e. The zero-order chi connectivity index (χ0) is 13.4. The van der Waals surface area contributed by atoms with Gasteiger partial charge in [0.2, 0.25) is 5.95 Å². The number of fused-ring (bicyclic) bond motifs is 1. The molecule has 2 aromatic heterocycles. The largest absolute Gasteiger partial charge is 0.396 e. The number of anilines is 2. The van der Waals surface area contributed by atoms with Crippen molar-refractivity contribution in [2.24, 2.45) is 11.8 Å². The van der Waals surface area contributed by atoms with Gasteiger partial charge in [0.25, 0.3) is 0 Å². The van der Waals surface area contributed by atoms with Gasteiger partial charge in [-0.3, -0.25) is 0 Å². The predicted octanol–water partition coefficient (Wildman–Crippen LogP) is 0.399. The zero-order valence-corrected chi connectivity index (χ0v) is 10.7. The van der Waals surface area contributed by atoms with E-state index in [4.69, 9.17) is 11.5 Å². The first kappa shape index (κ1) is 12.2. The lowest BCUT2D eigenvalue weighted by Crippen LogP contribution is -2.18. The van der Waals surface area contributed by atoms with E-state index >= 15 is 0 Å². The number of rotatable bonds is 3. The fourth-order valence-corrected chi connectivity index (χ4v) is 2.96. The van der Waals surface area contributed by atoms with Crippen LogP contribution >= 0.6 is 0 Å². The summed E-state index contributed by atoms with van der Waals surface area (Å²) in [5.74, 6) is 1.30. The summed E-state index contributed by atoms with van der Waals surface area (Å²) in [5.41, 5.74) is 12.7. The molecule has 7 heteroatoms. The number of imidazole rings is 1. The monoisotopic (exact) mass is 262 g/mol. The molecule has 0 amide bonds. The maximum absolute atomic E-state index is 9.38. The summed E-state index contributed by atoms with van der Waals surface area (Å²) < 4.78 is 1.96. The third kappa shape index (κ3) is 2.10. The minimum atomic E-state index is 0.164. The van der Waals surface area contributed by atoms with Gasteiger partial charge in [0.05, 0.1) is 6.33 Å². The maximum Gasteiger partial charge on any atom is 0.224 e. The van der Waals surface area contributed by atoms with Gasteiger partial charge in [0.15, 0.2) is 11.5 Å². The molecule has 0 aliphatic heterocycles. The van der Waals surface area contributed by atoms with E-state index in [1.165, 1.54) is 6.42 Å². The number of nitrogens with two attached hydrogens (primary N) is 2. The first-order chi connectivity index (χ1) is 9.19. The van der Waals surface area contributed by atoms with E-state index in [1.54, 1.807) is 6.33 Å². The van der Waals surface area contributed by atoms with Crippen molar-refractivity contribution in [1.82, 2.24) is 19.5 Å². The highest BCUT2D eigenvalue weighted by atomic mass is 16.3. The Morgan fingerprint density at radius 2 is 2.05 bits per heavy atom. The van der Waals surface area contributed by atoms with Gasteiger partial charge in [-0.05, 0) is 24.7 Å². The minimum Gasteiger partial charge on any atom is -0.396 e. The molecule has 2 heterocycles. The van der Waals surface area contributed by atoms with Gasteiger partial charge in [-0.15, -0.1) is 0 Å². The van der Waals surface area contributed by atoms with Crippen LogP contribution in [0.2, 0.25) is 0 Å². The molecular formula is C12H18N6O. The molecule has 1 aliphatic carbocycles. The van der Waals surface area contributed by atoms with Crippen molar-refractivity contribution in [2.45, 2.75) is 25.8 Å². The summed E-state index contributed by atoms with van der Waals surface area (Å²) in [5, 5.41) is 9.38. The molecule has 0 bridgehead atoms. The molecule has 1 fully saturated rings. The number of hydrogen-bond acceptors (Lipinski definition) is 6. The molecule has 7 nitrogen and oxygen atoms in total. The van der Waals surface area contributed by atoms with Crippen LogP contribution in [0.25, 0.3) is 11.2 Å². The fourth-order valence-electron chi connectivity index (χ4n) is 2.96. The molecule has 3 rings (SSSR count). The third-order valence-electron chi connectivity index (χ3n) is 3.99. The highest BCUT2D eigenvalue weighted by Crippen LogP contribution is 2.33. The normalized spacial score (nSPS) is 23.2. The number of aromatic nitrogens is 4. The van der Waals surface area contributed by atoms with Gasteiger partial charge in [0, 0.05) is 13.2 Å². The van der Waals surface area contributed by atoms with Crippen molar-refractivity contribution in [3.8, 4) is 0 Å². The molecular weight excluding hydrogens is 244 g/mol. The predicted molar refractivity (Wildman–Crippen MR) is 72.1 cm³/mol. The summed E-state index contributed by atoms with van der Waals surface area (Å²) in [4.78, 5) is 12.4. The molecule has 5 N–H and O–H groups in total. The number of aliphatic hydroxyl groups is 1. The van der Waals surface area contributed by atoms with Crippen molar-refractivity contribution in [3.63, 3.8) is 0 Å². The Balaban J connectivity index is 1.93. The first-order valence-electron chi connectivity index (χ1n) is 6.53. The van der Waals surface area contributed by atoms with Gasteiger partial charge in [0.1, 0.15) is 5.52 Å². The van der Waals surface area contributed by atoms with Crippen LogP contribution < -0.4 is 11.5 Å². The molecule has 0 radical (unpaired) electrons. The Morgan fingerprint density at radius 3 is 2.84 bits per heavy atom. The summed E-state index contributed by atoms with van der Waals surface area (Å²) in [6, 6.07) is 0. The average molecular weight is 262 g/mol. The van der Waals surface area contributed by atoms with Crippen molar-refractivity contribution >= 4 is 22.9 Å². The maximum atomic E-state index is 9.38. The SMILES string of the molecule is Nc1nc(N)c2ncn(C[C@H]3CCC[C@H]3CO)c2n1. The Hall–Kier alpha value is -1.89. The number of nitrogens with zero attached hydrogens (tertiary/aromatic N) is 4. The van der Waals surface area contributed by atoms with Crippen LogP contribution in [-0.2, 0) is 6.54 Å². The molecule has 102 valence electrons. The Bertz CT molecular complexity index is 595. The highest BCUT2D eigenvalue weighted by molar-refractivity contribution is 5.82. The minimum absolute atomic E-state index is 0.164. The highest BCUT2D eigenvalue weighted by Gasteiger charge is 2.27. The first-order valence-corrected chi connectivity index (χ1v) is 6.53. The third-order valence-corrected chi connectivity index (χ3v) is 3.99. The standard InChI is InChI=1S/C12H18N6O/c13-10-9-11(17-12(14)16-10)18(6-15-9)4-7-2-1-3-8(7)5-19/h6-8,19H,1-5H2,(H4,13,14,16,17)/t7-,8+/m1/s1. The van der Waals surface area contributed by atoms with Crippen molar-refractivity contribution in [1.29, 1.82) is 0 Å². The number of aliphatic hydroxyl groups excluding tert-OH is 1. The van der Waals surface area contributed by atoms with E-state index < -0.39 is 0 Å². The van der Waals surface area contributed by atoms with Crippen LogP contribution in [0.15, 0.2) is 6.33 Å². The summed E-state index contributed by atoms with van der Waals surface area (Å²) in [7, 11) is 0. The topological polar surface area (TPSA) is 116 Å². The van der Waals surface area contributed by atoms with Gasteiger partial charge in [-0.25, -0.2) is 4.98 Å². The summed E-state index contributed by atoms with van der Waals surface area (Å²) in [6.07, 6.45) is 5.11. The van der Waals surface area contributed by atoms with Crippen LogP contribution in [0.1, 0.15) is 19.3 Å². The van der Waals surface area contributed by atoms with Crippen molar-refractivity contribution < 1.29 is 5.11 Å². The van der Waals surface area contributed by atoms with Crippen LogP contribution in [-0.4, -0.2) is 31.2 Å². The van der Waals surface area contributed by atoms with Gasteiger partial charge < -0.3 is 21.1 Å². The fraction of sp³-hybridized carbons (Fsp3) is 0.583. The van der Waals surface area contributed by atoms with E-state index in [2.05, 4.69) is 15.0 Å². The molecule has 2 atom stereocenters. The lowest BCUT2D eigenvalue weighted by molar-refractivity contribution is 0.185. The molecule has 19 heavy (non-hydrogen) atoms. The second kappa shape index (κ2) is 4.65. The van der Waals surface area contributed by atoms with E-state index in [-0.39, 0.29) is 12.6 Å². The van der Waals surface area contributed by atoms with E-state index in [0.717, 1.165) is 19.4 Å². The van der Waals surface area contributed by atoms with Crippen LogP contribution in [0.4, 0.5) is 11.8 Å². The second-order valence-electron chi connectivity index (χ2n) is 5.17. The lowest BCUT2D eigenvalue weighted by Gasteiger charge is -2.17. The van der Waals surface area contributed by atoms with Gasteiger partial charge >= 0.3 is 0 Å². The summed E-state index contributed by atoms with van der Waals surface area (Å²) >= 11 is 0.